The molecule has 0 saturated heterocycles. The summed E-state index contributed by atoms with van der Waals surface area (Å²) in [6.07, 6.45) is 5.09. The SMILES string of the molecule is Cc1sc2ncnc(NCC3(N)CCC3)c2c1C. The van der Waals surface area contributed by atoms with Crippen molar-refractivity contribution in [3.8, 4) is 0 Å². The summed E-state index contributed by atoms with van der Waals surface area (Å²) < 4.78 is 0. The minimum atomic E-state index is -0.0315. The Kier molecular flexibility index (Phi) is 2.75. The van der Waals surface area contributed by atoms with Crippen LogP contribution in [-0.4, -0.2) is 22.1 Å². The Hall–Kier alpha value is -1.20. The molecule has 5 heteroatoms. The van der Waals surface area contributed by atoms with Crippen molar-refractivity contribution in [2.24, 2.45) is 5.73 Å². The summed E-state index contributed by atoms with van der Waals surface area (Å²) in [6, 6.07) is 0. The number of nitrogens with zero attached hydrogens (tertiary/aromatic N) is 2. The average molecular weight is 262 g/mol. The van der Waals surface area contributed by atoms with Crippen molar-refractivity contribution in [3.05, 3.63) is 16.8 Å². The predicted molar refractivity (Wildman–Crippen MR) is 76.1 cm³/mol. The van der Waals surface area contributed by atoms with Crippen molar-refractivity contribution in [2.75, 3.05) is 11.9 Å². The molecule has 3 rings (SSSR count). The topological polar surface area (TPSA) is 63.8 Å². The second-order valence-electron chi connectivity index (χ2n) is 5.26. The molecule has 1 fully saturated rings. The van der Waals surface area contributed by atoms with E-state index in [4.69, 9.17) is 5.73 Å². The number of fused-ring (bicyclic) bond motifs is 1. The van der Waals surface area contributed by atoms with E-state index in [2.05, 4.69) is 29.1 Å². The zero-order valence-corrected chi connectivity index (χ0v) is 11.6. The van der Waals surface area contributed by atoms with Gasteiger partial charge in [-0.15, -0.1) is 11.3 Å². The van der Waals surface area contributed by atoms with Crippen LogP contribution in [0.25, 0.3) is 10.2 Å². The highest BCUT2D eigenvalue weighted by molar-refractivity contribution is 7.18. The highest BCUT2D eigenvalue weighted by Gasteiger charge is 2.32. The van der Waals surface area contributed by atoms with Crippen LogP contribution in [-0.2, 0) is 0 Å². The van der Waals surface area contributed by atoms with Crippen LogP contribution in [0, 0.1) is 13.8 Å². The van der Waals surface area contributed by atoms with Gasteiger partial charge in [-0.3, -0.25) is 0 Å². The summed E-state index contributed by atoms with van der Waals surface area (Å²) in [4.78, 5) is 11.1. The molecule has 0 bridgehead atoms. The van der Waals surface area contributed by atoms with Crippen LogP contribution in [0.15, 0.2) is 6.33 Å². The third-order valence-corrected chi connectivity index (χ3v) is 5.04. The first-order valence-electron chi connectivity index (χ1n) is 6.32. The highest BCUT2D eigenvalue weighted by atomic mass is 32.1. The number of hydrogen-bond acceptors (Lipinski definition) is 5. The summed E-state index contributed by atoms with van der Waals surface area (Å²) in [5, 5.41) is 4.57. The maximum atomic E-state index is 6.23. The van der Waals surface area contributed by atoms with Gasteiger partial charge in [0.05, 0.1) is 5.39 Å². The fourth-order valence-corrected chi connectivity index (χ4v) is 3.38. The molecule has 0 amide bonds. The van der Waals surface area contributed by atoms with Gasteiger partial charge >= 0.3 is 0 Å². The zero-order chi connectivity index (χ0) is 12.8. The molecule has 18 heavy (non-hydrogen) atoms. The van der Waals surface area contributed by atoms with Gasteiger partial charge < -0.3 is 11.1 Å². The van der Waals surface area contributed by atoms with E-state index < -0.39 is 0 Å². The maximum absolute atomic E-state index is 6.23. The third-order valence-electron chi connectivity index (χ3n) is 3.92. The lowest BCUT2D eigenvalue weighted by molar-refractivity contribution is 0.265. The van der Waals surface area contributed by atoms with E-state index in [0.717, 1.165) is 35.4 Å². The summed E-state index contributed by atoms with van der Waals surface area (Å²) in [5.41, 5.74) is 7.48. The number of hydrogen-bond donors (Lipinski definition) is 2. The standard InChI is InChI=1S/C13H18N4S/c1-8-9(2)18-12-10(8)11(16-7-17-12)15-6-13(14)4-3-5-13/h7H,3-6,14H2,1-2H3,(H,15,16,17). The van der Waals surface area contributed by atoms with Crippen LogP contribution in [0.2, 0.25) is 0 Å². The summed E-state index contributed by atoms with van der Waals surface area (Å²) in [5.74, 6) is 0.929. The molecule has 0 unspecified atom stereocenters. The number of aryl methyl sites for hydroxylation is 2. The molecular weight excluding hydrogens is 244 g/mol. The molecule has 0 aromatic carbocycles. The molecule has 4 nitrogen and oxygen atoms in total. The monoisotopic (exact) mass is 262 g/mol. The second-order valence-corrected chi connectivity index (χ2v) is 6.46. The molecular formula is C13H18N4S. The molecule has 1 aliphatic carbocycles. The van der Waals surface area contributed by atoms with Crippen molar-refractivity contribution in [3.63, 3.8) is 0 Å². The molecule has 3 N–H and O–H groups in total. The molecule has 96 valence electrons. The normalized spacial score (nSPS) is 17.7. The van der Waals surface area contributed by atoms with Gasteiger partial charge in [0.15, 0.2) is 0 Å². The van der Waals surface area contributed by atoms with Crippen LogP contribution >= 0.6 is 11.3 Å². The van der Waals surface area contributed by atoms with Crippen LogP contribution in [0.1, 0.15) is 29.7 Å². The van der Waals surface area contributed by atoms with E-state index in [-0.39, 0.29) is 5.54 Å². The van der Waals surface area contributed by atoms with Crippen molar-refractivity contribution >= 4 is 27.4 Å². The number of thiophene rings is 1. The predicted octanol–water partition coefficient (Wildman–Crippen LogP) is 2.60. The van der Waals surface area contributed by atoms with Gasteiger partial charge in [0, 0.05) is 17.0 Å². The van der Waals surface area contributed by atoms with Gasteiger partial charge in [0.2, 0.25) is 0 Å². The Labute approximate surface area is 111 Å². The van der Waals surface area contributed by atoms with E-state index >= 15 is 0 Å². The Morgan fingerprint density at radius 1 is 1.39 bits per heavy atom. The first-order chi connectivity index (χ1) is 8.59. The molecule has 2 aromatic heterocycles. The Balaban J connectivity index is 1.91. The van der Waals surface area contributed by atoms with Crippen LogP contribution in [0.5, 0.6) is 0 Å². The number of nitrogens with one attached hydrogen (secondary N) is 1. The molecule has 0 atom stereocenters. The second kappa shape index (κ2) is 4.17. The Morgan fingerprint density at radius 2 is 2.17 bits per heavy atom. The smallest absolute Gasteiger partial charge is 0.138 e. The van der Waals surface area contributed by atoms with Gasteiger partial charge in [-0.05, 0) is 38.7 Å². The average Bonchev–Trinajstić information content (AvgIpc) is 2.61. The lowest BCUT2D eigenvalue weighted by Crippen LogP contribution is -2.52. The first kappa shape index (κ1) is 11.9. The molecule has 1 saturated carbocycles. The van der Waals surface area contributed by atoms with Gasteiger partial charge in [0.1, 0.15) is 17.0 Å². The van der Waals surface area contributed by atoms with E-state index in [9.17, 15) is 0 Å². The van der Waals surface area contributed by atoms with E-state index in [0.29, 0.717) is 0 Å². The summed E-state index contributed by atoms with van der Waals surface area (Å²) in [7, 11) is 0. The fraction of sp³-hybridized carbons (Fsp3) is 0.538. The van der Waals surface area contributed by atoms with Crippen LogP contribution in [0.3, 0.4) is 0 Å². The molecule has 2 heterocycles. The molecule has 2 aromatic rings. The van der Waals surface area contributed by atoms with Crippen molar-refractivity contribution in [1.29, 1.82) is 0 Å². The van der Waals surface area contributed by atoms with E-state index in [1.807, 2.05) is 0 Å². The van der Waals surface area contributed by atoms with Gasteiger partial charge in [-0.1, -0.05) is 0 Å². The first-order valence-corrected chi connectivity index (χ1v) is 7.14. The molecule has 1 aliphatic rings. The zero-order valence-electron chi connectivity index (χ0n) is 10.8. The molecule has 0 radical (unpaired) electrons. The van der Waals surface area contributed by atoms with Gasteiger partial charge in [0.25, 0.3) is 0 Å². The van der Waals surface area contributed by atoms with Crippen molar-refractivity contribution in [2.45, 2.75) is 38.6 Å². The number of nitrogens with two attached hydrogens (primary N) is 1. The fourth-order valence-electron chi connectivity index (χ4n) is 2.38. The minimum absolute atomic E-state index is 0.0315. The van der Waals surface area contributed by atoms with Crippen LogP contribution < -0.4 is 11.1 Å². The number of rotatable bonds is 3. The van der Waals surface area contributed by atoms with E-state index in [1.54, 1.807) is 17.7 Å². The number of anilines is 1. The van der Waals surface area contributed by atoms with Crippen LogP contribution in [0.4, 0.5) is 5.82 Å². The van der Waals surface area contributed by atoms with Gasteiger partial charge in [-0.25, -0.2) is 9.97 Å². The quantitative estimate of drug-likeness (QED) is 0.892. The molecule has 0 aliphatic heterocycles. The molecule has 0 spiro atoms. The Morgan fingerprint density at radius 3 is 2.83 bits per heavy atom. The maximum Gasteiger partial charge on any atom is 0.138 e. The number of aromatic nitrogens is 2. The largest absolute Gasteiger partial charge is 0.368 e. The third kappa shape index (κ3) is 1.87. The van der Waals surface area contributed by atoms with Gasteiger partial charge in [-0.2, -0.15) is 0 Å². The van der Waals surface area contributed by atoms with E-state index in [1.165, 1.54) is 16.9 Å². The Bertz CT molecular complexity index is 586. The lowest BCUT2D eigenvalue weighted by atomic mass is 9.78. The highest BCUT2D eigenvalue weighted by Crippen LogP contribution is 2.34. The van der Waals surface area contributed by atoms with Crippen molar-refractivity contribution in [1.82, 2.24) is 9.97 Å². The summed E-state index contributed by atoms with van der Waals surface area (Å²) in [6.45, 7) is 5.06. The lowest BCUT2D eigenvalue weighted by Gasteiger charge is -2.38. The summed E-state index contributed by atoms with van der Waals surface area (Å²) >= 11 is 1.72. The minimum Gasteiger partial charge on any atom is -0.368 e. The van der Waals surface area contributed by atoms with Crippen molar-refractivity contribution < 1.29 is 0 Å².